The molecule has 0 aromatic carbocycles. The molecule has 0 aliphatic rings. The van der Waals surface area contributed by atoms with E-state index in [-0.39, 0.29) is 18.2 Å². The van der Waals surface area contributed by atoms with Crippen molar-refractivity contribution >= 4 is 5.97 Å². The van der Waals surface area contributed by atoms with Gasteiger partial charge in [-0.3, -0.25) is 10.5 Å². The molecular weight excluding hydrogens is 158 g/mol. The van der Waals surface area contributed by atoms with E-state index in [9.17, 15) is 4.79 Å². The van der Waals surface area contributed by atoms with Crippen molar-refractivity contribution in [1.82, 2.24) is 0 Å². The van der Waals surface area contributed by atoms with Crippen LogP contribution in [0.4, 0.5) is 0 Å². The van der Waals surface area contributed by atoms with Crippen molar-refractivity contribution in [3.05, 3.63) is 0 Å². The van der Waals surface area contributed by atoms with E-state index in [0.717, 1.165) is 0 Å². The maximum Gasteiger partial charge on any atom is 0.304 e. The van der Waals surface area contributed by atoms with Crippen LogP contribution in [0.2, 0.25) is 0 Å². The van der Waals surface area contributed by atoms with Gasteiger partial charge in [0.05, 0.1) is 12.2 Å². The fraction of sp³-hybridized carbons (Fsp3) is 0.875. The summed E-state index contributed by atoms with van der Waals surface area (Å²) in [7, 11) is 0. The summed E-state index contributed by atoms with van der Waals surface area (Å²) in [4.78, 5) is 10.4. The Labute approximate surface area is 73.0 Å². The average molecular weight is 175 g/mol. The number of hydrogen-bond acceptors (Lipinski definition) is 4. The Morgan fingerprint density at radius 3 is 2.33 bits per heavy atom. The zero-order valence-corrected chi connectivity index (χ0v) is 8.09. The SMILES string of the molecule is CC(=O)OC(N)COC(C)(C)C. The van der Waals surface area contributed by atoms with Crippen LogP contribution in [-0.4, -0.2) is 24.4 Å². The molecule has 0 saturated heterocycles. The van der Waals surface area contributed by atoms with E-state index in [4.69, 9.17) is 10.5 Å². The molecule has 0 radical (unpaired) electrons. The normalized spacial score (nSPS) is 14.1. The molecule has 1 atom stereocenters. The molecule has 0 fully saturated rings. The van der Waals surface area contributed by atoms with Crippen LogP contribution in [0.5, 0.6) is 0 Å². The van der Waals surface area contributed by atoms with Crippen molar-refractivity contribution in [2.24, 2.45) is 5.73 Å². The summed E-state index contributed by atoms with van der Waals surface area (Å²) in [6.45, 7) is 7.27. The van der Waals surface area contributed by atoms with Crippen LogP contribution >= 0.6 is 0 Å². The van der Waals surface area contributed by atoms with E-state index in [0.29, 0.717) is 0 Å². The lowest BCUT2D eigenvalue weighted by molar-refractivity contribution is -0.152. The van der Waals surface area contributed by atoms with Gasteiger partial charge in [0.15, 0.2) is 6.23 Å². The summed E-state index contributed by atoms with van der Waals surface area (Å²) in [6, 6.07) is 0. The van der Waals surface area contributed by atoms with Crippen molar-refractivity contribution < 1.29 is 14.3 Å². The highest BCUT2D eigenvalue weighted by molar-refractivity contribution is 5.66. The van der Waals surface area contributed by atoms with Crippen LogP contribution < -0.4 is 5.73 Å². The van der Waals surface area contributed by atoms with Crippen molar-refractivity contribution in [3.8, 4) is 0 Å². The molecule has 4 heteroatoms. The third-order valence-corrected chi connectivity index (χ3v) is 0.998. The number of nitrogens with two attached hydrogens (primary N) is 1. The average Bonchev–Trinajstić information content (AvgIpc) is 1.80. The van der Waals surface area contributed by atoms with E-state index >= 15 is 0 Å². The fourth-order valence-electron chi connectivity index (χ4n) is 0.579. The summed E-state index contributed by atoms with van der Waals surface area (Å²) in [5, 5.41) is 0. The van der Waals surface area contributed by atoms with Crippen molar-refractivity contribution in [2.75, 3.05) is 6.61 Å². The molecule has 0 aliphatic heterocycles. The van der Waals surface area contributed by atoms with Gasteiger partial charge in [-0.15, -0.1) is 0 Å². The van der Waals surface area contributed by atoms with Crippen molar-refractivity contribution in [2.45, 2.75) is 39.5 Å². The predicted octanol–water partition coefficient (Wildman–Crippen LogP) is 0.649. The zero-order chi connectivity index (χ0) is 9.78. The van der Waals surface area contributed by atoms with Crippen molar-refractivity contribution in [1.29, 1.82) is 0 Å². The van der Waals surface area contributed by atoms with Gasteiger partial charge in [-0.05, 0) is 20.8 Å². The first kappa shape index (κ1) is 11.4. The molecule has 2 N–H and O–H groups in total. The lowest BCUT2D eigenvalue weighted by Gasteiger charge is -2.21. The summed E-state index contributed by atoms with van der Waals surface area (Å²) in [5.41, 5.74) is 5.16. The van der Waals surface area contributed by atoms with E-state index in [1.165, 1.54) is 6.92 Å². The van der Waals surface area contributed by atoms with Crippen LogP contribution in [-0.2, 0) is 14.3 Å². The Bertz CT molecular complexity index is 151. The van der Waals surface area contributed by atoms with Crippen molar-refractivity contribution in [3.63, 3.8) is 0 Å². The molecule has 0 aromatic rings. The van der Waals surface area contributed by atoms with Gasteiger partial charge < -0.3 is 9.47 Å². The Kier molecular flexibility index (Phi) is 4.20. The first-order valence-corrected chi connectivity index (χ1v) is 3.88. The quantitative estimate of drug-likeness (QED) is 0.505. The Morgan fingerprint density at radius 1 is 1.50 bits per heavy atom. The molecule has 12 heavy (non-hydrogen) atoms. The van der Waals surface area contributed by atoms with Gasteiger partial charge in [0.1, 0.15) is 0 Å². The maximum atomic E-state index is 10.4. The minimum absolute atomic E-state index is 0.225. The summed E-state index contributed by atoms with van der Waals surface area (Å²) < 4.78 is 9.95. The number of carbonyl (C=O) groups excluding carboxylic acids is 1. The molecule has 0 aromatic heterocycles. The molecule has 0 saturated carbocycles. The Morgan fingerprint density at radius 2 is 2.00 bits per heavy atom. The first-order valence-electron chi connectivity index (χ1n) is 3.88. The monoisotopic (exact) mass is 175 g/mol. The summed E-state index contributed by atoms with van der Waals surface area (Å²) >= 11 is 0. The van der Waals surface area contributed by atoms with Crippen LogP contribution in [0.3, 0.4) is 0 Å². The molecular formula is C8H17NO3. The molecule has 0 spiro atoms. The van der Waals surface area contributed by atoms with E-state index < -0.39 is 6.23 Å². The zero-order valence-electron chi connectivity index (χ0n) is 8.09. The molecule has 72 valence electrons. The van der Waals surface area contributed by atoms with Gasteiger partial charge in [-0.1, -0.05) is 0 Å². The molecule has 0 bridgehead atoms. The molecule has 1 unspecified atom stereocenters. The second-order valence-corrected chi connectivity index (χ2v) is 3.57. The van der Waals surface area contributed by atoms with Crippen LogP contribution in [0.15, 0.2) is 0 Å². The van der Waals surface area contributed by atoms with Crippen LogP contribution in [0.1, 0.15) is 27.7 Å². The summed E-state index contributed by atoms with van der Waals surface area (Å²) in [6.07, 6.45) is -0.665. The lowest BCUT2D eigenvalue weighted by atomic mass is 10.2. The Hall–Kier alpha value is -0.610. The number of rotatable bonds is 3. The maximum absolute atomic E-state index is 10.4. The highest BCUT2D eigenvalue weighted by Gasteiger charge is 2.13. The number of ether oxygens (including phenoxy) is 2. The Balaban J connectivity index is 3.57. The highest BCUT2D eigenvalue weighted by Crippen LogP contribution is 2.06. The molecule has 0 rings (SSSR count). The fourth-order valence-corrected chi connectivity index (χ4v) is 0.579. The molecule has 0 heterocycles. The van der Waals surface area contributed by atoms with Crippen LogP contribution in [0, 0.1) is 0 Å². The molecule has 0 aliphatic carbocycles. The lowest BCUT2D eigenvalue weighted by Crippen LogP contribution is -2.35. The smallest absolute Gasteiger partial charge is 0.304 e. The second-order valence-electron chi connectivity index (χ2n) is 3.57. The van der Waals surface area contributed by atoms with Gasteiger partial charge >= 0.3 is 5.97 Å². The molecule has 4 nitrogen and oxygen atoms in total. The largest absolute Gasteiger partial charge is 0.444 e. The van der Waals surface area contributed by atoms with Gasteiger partial charge in [0.2, 0.25) is 0 Å². The van der Waals surface area contributed by atoms with Gasteiger partial charge in [-0.25, -0.2) is 0 Å². The van der Waals surface area contributed by atoms with Gasteiger partial charge in [-0.2, -0.15) is 0 Å². The van der Waals surface area contributed by atoms with E-state index in [2.05, 4.69) is 4.74 Å². The predicted molar refractivity (Wildman–Crippen MR) is 45.4 cm³/mol. The summed E-state index contributed by atoms with van der Waals surface area (Å²) in [5.74, 6) is -0.389. The third-order valence-electron chi connectivity index (χ3n) is 0.998. The highest BCUT2D eigenvalue weighted by atomic mass is 16.6. The first-order chi connectivity index (χ1) is 5.31. The number of hydrogen-bond donors (Lipinski definition) is 1. The van der Waals surface area contributed by atoms with Crippen LogP contribution in [0.25, 0.3) is 0 Å². The third kappa shape index (κ3) is 7.50. The minimum atomic E-state index is -0.665. The topological polar surface area (TPSA) is 61.5 Å². The minimum Gasteiger partial charge on any atom is -0.444 e. The number of carbonyl (C=O) groups is 1. The standard InChI is InChI=1S/C8H17NO3/c1-6(10)12-7(9)5-11-8(2,3)4/h7H,5,9H2,1-4H3. The van der Waals surface area contributed by atoms with E-state index in [1.807, 2.05) is 20.8 Å². The van der Waals surface area contributed by atoms with Gasteiger partial charge in [0.25, 0.3) is 0 Å². The van der Waals surface area contributed by atoms with E-state index in [1.54, 1.807) is 0 Å². The van der Waals surface area contributed by atoms with Gasteiger partial charge in [0, 0.05) is 6.92 Å². The molecule has 0 amide bonds. The second kappa shape index (κ2) is 4.42. The number of esters is 1.